The third-order valence-corrected chi connectivity index (χ3v) is 2.38. The molecule has 62 valence electrons. The summed E-state index contributed by atoms with van der Waals surface area (Å²) < 4.78 is 1.03. The molecule has 1 nitrogen and oxygen atoms in total. The number of nitriles is 1. The van der Waals surface area contributed by atoms with Gasteiger partial charge in [0.25, 0.3) is 0 Å². The number of rotatable bonds is 3. The first-order chi connectivity index (χ1) is 5.88. The first-order valence-corrected chi connectivity index (χ1v) is 5.41. The van der Waals surface area contributed by atoms with Gasteiger partial charge in [0.1, 0.15) is 0 Å². The number of benzene rings is 1. The topological polar surface area (TPSA) is 23.8 Å². The van der Waals surface area contributed by atoms with Crippen LogP contribution in [-0.4, -0.2) is 4.43 Å². The van der Waals surface area contributed by atoms with Crippen molar-refractivity contribution in [2.45, 2.75) is 12.3 Å². The molecule has 1 rings (SSSR count). The van der Waals surface area contributed by atoms with Gasteiger partial charge in [-0.3, -0.25) is 0 Å². The van der Waals surface area contributed by atoms with Crippen LogP contribution in [0.4, 0.5) is 0 Å². The highest BCUT2D eigenvalue weighted by Crippen LogP contribution is 2.18. The van der Waals surface area contributed by atoms with Crippen molar-refractivity contribution in [1.29, 1.82) is 5.26 Å². The van der Waals surface area contributed by atoms with Gasteiger partial charge >= 0.3 is 0 Å². The van der Waals surface area contributed by atoms with Gasteiger partial charge in [0.15, 0.2) is 0 Å². The summed E-state index contributed by atoms with van der Waals surface area (Å²) in [5.41, 5.74) is 1.14. The van der Waals surface area contributed by atoms with Crippen molar-refractivity contribution in [2.75, 3.05) is 4.43 Å². The molecule has 0 aliphatic rings. The van der Waals surface area contributed by atoms with Gasteiger partial charge in [-0.2, -0.15) is 5.26 Å². The normalized spacial score (nSPS) is 12.0. The zero-order chi connectivity index (χ0) is 8.81. The highest BCUT2D eigenvalue weighted by Gasteiger charge is 2.07. The Hall–Kier alpha value is -0.560. The minimum absolute atomic E-state index is 0.0723. The van der Waals surface area contributed by atoms with Crippen LogP contribution in [0.2, 0.25) is 0 Å². The minimum atomic E-state index is 0.0723. The summed E-state index contributed by atoms with van der Waals surface area (Å²) in [4.78, 5) is 0. The zero-order valence-electron chi connectivity index (χ0n) is 6.70. The fraction of sp³-hybridized carbons (Fsp3) is 0.300. The van der Waals surface area contributed by atoms with Crippen LogP contribution >= 0.6 is 22.6 Å². The third kappa shape index (κ3) is 2.49. The van der Waals surface area contributed by atoms with Gasteiger partial charge in [0.2, 0.25) is 0 Å². The summed E-state index contributed by atoms with van der Waals surface area (Å²) in [6.45, 7) is 0. The molecule has 0 aliphatic carbocycles. The van der Waals surface area contributed by atoms with Gasteiger partial charge in [-0.25, -0.2) is 0 Å². The summed E-state index contributed by atoms with van der Waals surface area (Å²) in [6, 6.07) is 12.3. The van der Waals surface area contributed by atoms with Crippen molar-refractivity contribution < 1.29 is 0 Å². The summed E-state index contributed by atoms with van der Waals surface area (Å²) in [6.07, 6.45) is 0.946. The first-order valence-electron chi connectivity index (χ1n) is 3.89. The van der Waals surface area contributed by atoms with E-state index in [1.165, 1.54) is 0 Å². The molecule has 1 unspecified atom stereocenters. The van der Waals surface area contributed by atoms with Gasteiger partial charge in [0, 0.05) is 4.43 Å². The van der Waals surface area contributed by atoms with Gasteiger partial charge < -0.3 is 0 Å². The molecule has 0 N–H and O–H groups in total. The second kappa shape index (κ2) is 5.15. The average Bonchev–Trinajstić information content (AvgIpc) is 2.15. The van der Waals surface area contributed by atoms with Crippen LogP contribution in [0.3, 0.4) is 0 Å². The van der Waals surface area contributed by atoms with E-state index in [1.54, 1.807) is 0 Å². The Morgan fingerprint density at radius 2 is 2.00 bits per heavy atom. The molecule has 0 heterocycles. The van der Waals surface area contributed by atoms with Crippen LogP contribution in [0.25, 0.3) is 0 Å². The van der Waals surface area contributed by atoms with Gasteiger partial charge in [-0.1, -0.05) is 52.9 Å². The Labute approximate surface area is 86.5 Å². The molecule has 0 bridgehead atoms. The molecule has 2 heteroatoms. The van der Waals surface area contributed by atoms with Crippen LogP contribution in [0.15, 0.2) is 30.3 Å². The maximum absolute atomic E-state index is 8.86. The van der Waals surface area contributed by atoms with E-state index in [1.807, 2.05) is 30.3 Å². The quantitative estimate of drug-likeness (QED) is 0.612. The van der Waals surface area contributed by atoms with Crippen molar-refractivity contribution in [3.8, 4) is 6.07 Å². The van der Waals surface area contributed by atoms with E-state index in [-0.39, 0.29) is 5.92 Å². The van der Waals surface area contributed by atoms with Crippen molar-refractivity contribution in [3.63, 3.8) is 0 Å². The van der Waals surface area contributed by atoms with Crippen LogP contribution in [-0.2, 0) is 0 Å². The van der Waals surface area contributed by atoms with Crippen LogP contribution in [0, 0.1) is 11.3 Å². The highest BCUT2D eigenvalue weighted by atomic mass is 127. The number of halogens is 1. The lowest BCUT2D eigenvalue weighted by molar-refractivity contribution is 0.836. The Bertz CT molecular complexity index is 263. The number of hydrogen-bond donors (Lipinski definition) is 0. The van der Waals surface area contributed by atoms with Crippen molar-refractivity contribution in [3.05, 3.63) is 35.9 Å². The number of alkyl halides is 1. The molecule has 1 atom stereocenters. The standard InChI is InChI=1S/C10H10IN/c11-7-6-10(8-12)9-4-2-1-3-5-9/h1-5,10H,6-7H2. The second-order valence-electron chi connectivity index (χ2n) is 2.57. The Morgan fingerprint density at radius 1 is 1.33 bits per heavy atom. The molecule has 0 aromatic heterocycles. The van der Waals surface area contributed by atoms with E-state index in [0.717, 1.165) is 16.4 Å². The fourth-order valence-electron chi connectivity index (χ4n) is 1.10. The monoisotopic (exact) mass is 271 g/mol. The Balaban J connectivity index is 2.75. The van der Waals surface area contributed by atoms with Crippen LogP contribution in [0.5, 0.6) is 0 Å². The molecule has 0 saturated carbocycles. The molecule has 1 aromatic rings. The first kappa shape index (κ1) is 9.53. The molecule has 0 amide bonds. The van der Waals surface area contributed by atoms with Gasteiger partial charge in [-0.15, -0.1) is 0 Å². The fourth-order valence-corrected chi connectivity index (χ4v) is 1.72. The van der Waals surface area contributed by atoms with Crippen molar-refractivity contribution in [2.24, 2.45) is 0 Å². The van der Waals surface area contributed by atoms with Gasteiger partial charge in [-0.05, 0) is 12.0 Å². The molecule has 0 fully saturated rings. The zero-order valence-corrected chi connectivity index (χ0v) is 8.86. The molecule has 0 radical (unpaired) electrons. The predicted molar refractivity (Wildman–Crippen MR) is 58.3 cm³/mol. The number of hydrogen-bond acceptors (Lipinski definition) is 1. The maximum atomic E-state index is 8.86. The van der Waals surface area contributed by atoms with Crippen molar-refractivity contribution in [1.82, 2.24) is 0 Å². The summed E-state index contributed by atoms with van der Waals surface area (Å²) >= 11 is 2.30. The Kier molecular flexibility index (Phi) is 4.09. The molecule has 0 spiro atoms. The average molecular weight is 271 g/mol. The summed E-state index contributed by atoms with van der Waals surface area (Å²) in [5, 5.41) is 8.86. The van der Waals surface area contributed by atoms with Crippen LogP contribution in [0.1, 0.15) is 17.9 Å². The molecular weight excluding hydrogens is 261 g/mol. The predicted octanol–water partition coefficient (Wildman–Crippen LogP) is 3.12. The molecule has 0 saturated heterocycles. The summed E-state index contributed by atoms with van der Waals surface area (Å²) in [5.74, 6) is 0.0723. The van der Waals surface area contributed by atoms with E-state index in [9.17, 15) is 0 Å². The summed E-state index contributed by atoms with van der Waals surface area (Å²) in [7, 11) is 0. The highest BCUT2D eigenvalue weighted by molar-refractivity contribution is 14.1. The van der Waals surface area contributed by atoms with E-state index >= 15 is 0 Å². The van der Waals surface area contributed by atoms with E-state index in [0.29, 0.717) is 0 Å². The SMILES string of the molecule is N#CC(CCI)c1ccccc1. The smallest absolute Gasteiger partial charge is 0.0720 e. The van der Waals surface area contributed by atoms with Crippen molar-refractivity contribution >= 4 is 22.6 Å². The van der Waals surface area contributed by atoms with Gasteiger partial charge in [0.05, 0.1) is 12.0 Å². The second-order valence-corrected chi connectivity index (χ2v) is 3.65. The molecule has 12 heavy (non-hydrogen) atoms. The van der Waals surface area contributed by atoms with E-state index in [4.69, 9.17) is 5.26 Å². The lowest BCUT2D eigenvalue weighted by atomic mass is 9.98. The lowest BCUT2D eigenvalue weighted by Gasteiger charge is -2.05. The lowest BCUT2D eigenvalue weighted by Crippen LogP contribution is -1.95. The molecule has 0 aliphatic heterocycles. The third-order valence-electron chi connectivity index (χ3n) is 1.76. The molecule has 1 aromatic carbocycles. The maximum Gasteiger partial charge on any atom is 0.0720 e. The largest absolute Gasteiger partial charge is 0.198 e. The Morgan fingerprint density at radius 3 is 2.50 bits per heavy atom. The molecular formula is C10H10IN. The number of nitrogens with zero attached hydrogens (tertiary/aromatic N) is 1. The minimum Gasteiger partial charge on any atom is -0.198 e. The van der Waals surface area contributed by atoms with E-state index in [2.05, 4.69) is 28.7 Å². The van der Waals surface area contributed by atoms with E-state index < -0.39 is 0 Å². The van der Waals surface area contributed by atoms with Crippen LogP contribution < -0.4 is 0 Å².